The highest BCUT2D eigenvalue weighted by Crippen LogP contribution is 2.49. The van der Waals surface area contributed by atoms with Gasteiger partial charge in [0, 0.05) is 25.2 Å². The number of hydrogen-bond acceptors (Lipinski definition) is 5. The summed E-state index contributed by atoms with van der Waals surface area (Å²) in [5.41, 5.74) is -1.91. The number of benzene rings is 2. The van der Waals surface area contributed by atoms with Gasteiger partial charge in [0.1, 0.15) is 5.60 Å². The Morgan fingerprint density at radius 2 is 1.66 bits per heavy atom. The van der Waals surface area contributed by atoms with E-state index in [4.69, 9.17) is 4.74 Å². The summed E-state index contributed by atoms with van der Waals surface area (Å²) in [5, 5.41) is 11.0. The second-order valence-corrected chi connectivity index (χ2v) is 12.7. The van der Waals surface area contributed by atoms with E-state index in [0.717, 1.165) is 5.56 Å². The van der Waals surface area contributed by atoms with Crippen LogP contribution in [-0.2, 0) is 11.2 Å². The highest BCUT2D eigenvalue weighted by atomic mass is 19.4. The second kappa shape index (κ2) is 12.3. The number of rotatable bonds is 5. The topological polar surface area (TPSA) is 87.9 Å². The first-order chi connectivity index (χ1) is 20.8. The second-order valence-electron chi connectivity index (χ2n) is 12.7. The molecule has 0 bridgehead atoms. The summed E-state index contributed by atoms with van der Waals surface area (Å²) in [7, 11) is 0. The lowest BCUT2D eigenvalue weighted by Crippen LogP contribution is -2.58. The maximum absolute atomic E-state index is 14.4. The summed E-state index contributed by atoms with van der Waals surface area (Å²) < 4.78 is 49.9. The van der Waals surface area contributed by atoms with Gasteiger partial charge in [0.2, 0.25) is 0 Å². The number of hydrogen-bond donors (Lipinski definition) is 1. The molecule has 5 rings (SSSR count). The summed E-state index contributed by atoms with van der Waals surface area (Å²) in [6, 6.07) is 16.5. The van der Waals surface area contributed by atoms with Crippen molar-refractivity contribution in [1.29, 1.82) is 0 Å². The minimum absolute atomic E-state index is 0.00933. The van der Waals surface area contributed by atoms with Crippen LogP contribution < -0.4 is 0 Å². The zero-order chi connectivity index (χ0) is 31.7. The van der Waals surface area contributed by atoms with Crippen molar-refractivity contribution in [3.05, 3.63) is 78.2 Å². The van der Waals surface area contributed by atoms with E-state index in [2.05, 4.69) is 4.98 Å². The molecule has 2 aromatic carbocycles. The summed E-state index contributed by atoms with van der Waals surface area (Å²) in [4.78, 5) is 35.0. The first-order valence-electron chi connectivity index (χ1n) is 15.0. The van der Waals surface area contributed by atoms with Gasteiger partial charge in [0.25, 0.3) is 5.91 Å². The molecule has 2 fully saturated rings. The Balaban J connectivity index is 1.53. The number of carbonyl (C=O) groups is 2. The number of ether oxygens (including phenoxy) is 1. The molecule has 1 aliphatic heterocycles. The van der Waals surface area contributed by atoms with E-state index in [-0.39, 0.29) is 43.9 Å². The molecule has 236 valence electrons. The summed E-state index contributed by atoms with van der Waals surface area (Å²) in [6.45, 7) is 6.00. The molecule has 2 heterocycles. The summed E-state index contributed by atoms with van der Waals surface area (Å²) >= 11 is 0. The van der Waals surface area contributed by atoms with E-state index in [1.54, 1.807) is 60.9 Å². The maximum Gasteiger partial charge on any atom is 0.419 e. The van der Waals surface area contributed by atoms with E-state index in [9.17, 15) is 27.9 Å². The van der Waals surface area contributed by atoms with Crippen LogP contribution in [0.4, 0.5) is 18.0 Å². The van der Waals surface area contributed by atoms with Crippen molar-refractivity contribution in [2.24, 2.45) is 0 Å². The van der Waals surface area contributed by atoms with Crippen LogP contribution in [0, 0.1) is 0 Å². The first-order valence-corrected chi connectivity index (χ1v) is 15.0. The van der Waals surface area contributed by atoms with Gasteiger partial charge in [-0.2, -0.15) is 13.2 Å². The predicted molar refractivity (Wildman–Crippen MR) is 159 cm³/mol. The molecule has 1 N–H and O–H groups in total. The molecule has 2 aliphatic rings. The zero-order valence-corrected chi connectivity index (χ0v) is 25.3. The number of imidazole rings is 1. The van der Waals surface area contributed by atoms with E-state index in [1.165, 1.54) is 10.9 Å². The number of halogens is 3. The van der Waals surface area contributed by atoms with Crippen LogP contribution >= 0.6 is 0 Å². The van der Waals surface area contributed by atoms with Crippen LogP contribution in [0.3, 0.4) is 0 Å². The molecular weight excluding hydrogens is 573 g/mol. The van der Waals surface area contributed by atoms with Gasteiger partial charge in [0.05, 0.1) is 24.1 Å². The molecule has 1 saturated heterocycles. The number of alkyl halides is 3. The number of amides is 2. The predicted octanol–water partition coefficient (Wildman–Crippen LogP) is 6.26. The fraction of sp³-hybridized carbons (Fsp3) is 0.485. The standard InChI is InChI=1S/C33H39F3N4O4/c1-31(2,3)44-30(42)38-18-19-39(25(21-38)20-23-12-6-4-7-13-23)29(41)27-28(24-14-8-5-9-15-24)40(22-37-27)26-16-10-11-17-32(26,43)33(34,35)36/h4-9,12-15,22,25-26,43H,10-11,16-21H2,1-3H3/t25-,26?,32?/m1/s1. The molecule has 3 atom stereocenters. The summed E-state index contributed by atoms with van der Waals surface area (Å²) in [5.74, 6) is -0.446. The van der Waals surface area contributed by atoms with Gasteiger partial charge in [0.15, 0.2) is 11.3 Å². The van der Waals surface area contributed by atoms with Crippen molar-refractivity contribution < 1.29 is 32.6 Å². The van der Waals surface area contributed by atoms with Gasteiger partial charge < -0.3 is 24.2 Å². The van der Waals surface area contributed by atoms with Crippen LogP contribution in [0.15, 0.2) is 67.0 Å². The normalized spacial score (nSPS) is 23.0. The molecular formula is C33H39F3N4O4. The molecule has 3 aromatic rings. The lowest BCUT2D eigenvalue weighted by Gasteiger charge is -2.42. The third kappa shape index (κ3) is 6.47. The van der Waals surface area contributed by atoms with Gasteiger partial charge >= 0.3 is 12.3 Å². The van der Waals surface area contributed by atoms with E-state index >= 15 is 0 Å². The smallest absolute Gasteiger partial charge is 0.419 e. The minimum atomic E-state index is -4.86. The van der Waals surface area contributed by atoms with Crippen LogP contribution in [0.1, 0.15) is 68.5 Å². The van der Waals surface area contributed by atoms with Gasteiger partial charge in [-0.05, 0) is 45.6 Å². The largest absolute Gasteiger partial charge is 0.444 e. The van der Waals surface area contributed by atoms with Crippen molar-refractivity contribution in [2.45, 2.75) is 82.3 Å². The zero-order valence-electron chi connectivity index (χ0n) is 25.3. The molecule has 0 radical (unpaired) electrons. The molecule has 11 heteroatoms. The van der Waals surface area contributed by atoms with Crippen LogP contribution in [0.25, 0.3) is 11.3 Å². The Morgan fingerprint density at radius 3 is 2.30 bits per heavy atom. The van der Waals surface area contributed by atoms with Gasteiger partial charge in [-0.25, -0.2) is 9.78 Å². The average Bonchev–Trinajstić information content (AvgIpc) is 3.41. The van der Waals surface area contributed by atoms with Crippen LogP contribution in [0.2, 0.25) is 0 Å². The quantitative estimate of drug-likeness (QED) is 0.368. The fourth-order valence-electron chi connectivity index (χ4n) is 6.29. The molecule has 2 amide bonds. The Hall–Kier alpha value is -3.86. The van der Waals surface area contributed by atoms with Crippen molar-refractivity contribution in [3.8, 4) is 11.3 Å². The first kappa shape index (κ1) is 31.6. The minimum Gasteiger partial charge on any atom is -0.444 e. The lowest BCUT2D eigenvalue weighted by atomic mass is 9.79. The summed E-state index contributed by atoms with van der Waals surface area (Å²) in [6.07, 6.45) is -3.22. The van der Waals surface area contributed by atoms with Gasteiger partial charge in [-0.3, -0.25) is 4.79 Å². The highest BCUT2D eigenvalue weighted by Gasteiger charge is 2.60. The Morgan fingerprint density at radius 1 is 1.00 bits per heavy atom. The number of aliphatic hydroxyl groups is 1. The third-order valence-corrected chi connectivity index (χ3v) is 8.42. The van der Waals surface area contributed by atoms with E-state index in [1.807, 2.05) is 30.3 Å². The van der Waals surface area contributed by atoms with Crippen molar-refractivity contribution >= 4 is 12.0 Å². The third-order valence-electron chi connectivity index (χ3n) is 8.42. The van der Waals surface area contributed by atoms with Crippen molar-refractivity contribution in [2.75, 3.05) is 19.6 Å². The molecule has 1 aromatic heterocycles. The van der Waals surface area contributed by atoms with Crippen molar-refractivity contribution in [1.82, 2.24) is 19.4 Å². The number of carbonyl (C=O) groups excluding carboxylic acids is 2. The van der Waals surface area contributed by atoms with Crippen molar-refractivity contribution in [3.63, 3.8) is 0 Å². The highest BCUT2D eigenvalue weighted by molar-refractivity contribution is 5.98. The Bertz CT molecular complexity index is 1460. The SMILES string of the molecule is CC(C)(C)OC(=O)N1CCN(C(=O)c2ncn(C3CCCCC3(O)C(F)(F)F)c2-c2ccccc2)[C@H](Cc2ccccc2)C1. The Labute approximate surface area is 255 Å². The lowest BCUT2D eigenvalue weighted by molar-refractivity contribution is -0.284. The molecule has 0 spiro atoms. The molecule has 8 nitrogen and oxygen atoms in total. The maximum atomic E-state index is 14.4. The van der Waals surface area contributed by atoms with Gasteiger partial charge in [-0.15, -0.1) is 0 Å². The molecule has 1 aliphatic carbocycles. The Kier molecular flexibility index (Phi) is 8.80. The average molecular weight is 613 g/mol. The van der Waals surface area contributed by atoms with E-state index in [0.29, 0.717) is 18.4 Å². The van der Waals surface area contributed by atoms with Crippen LogP contribution in [-0.4, -0.2) is 79.5 Å². The van der Waals surface area contributed by atoms with Gasteiger partial charge in [-0.1, -0.05) is 73.5 Å². The fourth-order valence-corrected chi connectivity index (χ4v) is 6.29. The van der Waals surface area contributed by atoms with Crippen LogP contribution in [0.5, 0.6) is 0 Å². The van der Waals surface area contributed by atoms with E-state index < -0.39 is 47.9 Å². The molecule has 2 unspecified atom stereocenters. The monoisotopic (exact) mass is 612 g/mol. The number of aromatic nitrogens is 2. The number of piperazine rings is 1. The number of nitrogens with zero attached hydrogens (tertiary/aromatic N) is 4. The molecule has 1 saturated carbocycles. The molecule has 44 heavy (non-hydrogen) atoms.